The molecular weight excluding hydrogens is 164 g/mol. The minimum Gasteiger partial charge on any atom is -0.392 e. The van der Waals surface area contributed by atoms with E-state index in [0.29, 0.717) is 5.92 Å². The van der Waals surface area contributed by atoms with Crippen molar-refractivity contribution >= 4 is 0 Å². The van der Waals surface area contributed by atoms with Gasteiger partial charge in [0.25, 0.3) is 0 Å². The molecule has 2 nitrogen and oxygen atoms in total. The molecule has 0 saturated heterocycles. The van der Waals surface area contributed by atoms with Crippen molar-refractivity contribution in [2.75, 3.05) is 13.7 Å². The SMILES string of the molecule is COC(C)(C)CC(C)C/C=C/CO. The number of methoxy groups -OCH3 is 1. The van der Waals surface area contributed by atoms with Gasteiger partial charge in [-0.3, -0.25) is 0 Å². The first-order chi connectivity index (χ1) is 6.02. The van der Waals surface area contributed by atoms with Crippen LogP contribution < -0.4 is 0 Å². The fourth-order valence-corrected chi connectivity index (χ4v) is 1.41. The highest BCUT2D eigenvalue weighted by Gasteiger charge is 2.19. The normalized spacial score (nSPS) is 15.2. The summed E-state index contributed by atoms with van der Waals surface area (Å²) < 4.78 is 5.34. The van der Waals surface area contributed by atoms with Gasteiger partial charge in [0, 0.05) is 7.11 Å². The summed E-state index contributed by atoms with van der Waals surface area (Å²) in [6, 6.07) is 0. The molecule has 0 spiro atoms. The van der Waals surface area contributed by atoms with Crippen LogP contribution in [-0.4, -0.2) is 24.4 Å². The van der Waals surface area contributed by atoms with Gasteiger partial charge in [-0.25, -0.2) is 0 Å². The van der Waals surface area contributed by atoms with Gasteiger partial charge in [-0.1, -0.05) is 19.1 Å². The first-order valence-electron chi connectivity index (χ1n) is 4.83. The molecule has 0 aliphatic heterocycles. The van der Waals surface area contributed by atoms with Crippen LogP contribution >= 0.6 is 0 Å². The van der Waals surface area contributed by atoms with E-state index in [9.17, 15) is 0 Å². The molecule has 0 heterocycles. The Hall–Kier alpha value is -0.340. The number of aliphatic hydroxyl groups excluding tert-OH is 1. The number of allylic oxidation sites excluding steroid dienone is 1. The molecule has 1 N–H and O–H groups in total. The summed E-state index contributed by atoms with van der Waals surface area (Å²) in [6.07, 6.45) is 5.86. The second-order valence-corrected chi connectivity index (χ2v) is 4.16. The fraction of sp³-hybridized carbons (Fsp3) is 0.818. The zero-order valence-corrected chi connectivity index (χ0v) is 9.21. The van der Waals surface area contributed by atoms with Crippen molar-refractivity contribution in [2.24, 2.45) is 5.92 Å². The van der Waals surface area contributed by atoms with Gasteiger partial charge in [0.05, 0.1) is 12.2 Å². The molecule has 0 aliphatic carbocycles. The van der Waals surface area contributed by atoms with E-state index in [0.717, 1.165) is 12.8 Å². The maximum atomic E-state index is 8.55. The van der Waals surface area contributed by atoms with E-state index in [2.05, 4.69) is 20.8 Å². The molecule has 0 bridgehead atoms. The topological polar surface area (TPSA) is 29.5 Å². The molecule has 0 amide bonds. The lowest BCUT2D eigenvalue weighted by atomic mass is 9.92. The van der Waals surface area contributed by atoms with Gasteiger partial charge in [-0.2, -0.15) is 0 Å². The quantitative estimate of drug-likeness (QED) is 0.645. The van der Waals surface area contributed by atoms with Crippen molar-refractivity contribution in [1.29, 1.82) is 0 Å². The zero-order chi connectivity index (χ0) is 10.3. The highest BCUT2D eigenvalue weighted by Crippen LogP contribution is 2.21. The third-order valence-corrected chi connectivity index (χ3v) is 2.20. The lowest BCUT2D eigenvalue weighted by Gasteiger charge is -2.25. The summed E-state index contributed by atoms with van der Waals surface area (Å²) in [5, 5.41) is 8.55. The average Bonchev–Trinajstić information content (AvgIpc) is 2.04. The van der Waals surface area contributed by atoms with E-state index in [1.54, 1.807) is 13.2 Å². The fourth-order valence-electron chi connectivity index (χ4n) is 1.41. The van der Waals surface area contributed by atoms with Crippen LogP contribution in [-0.2, 0) is 4.74 Å². The maximum Gasteiger partial charge on any atom is 0.0625 e. The number of hydrogen-bond acceptors (Lipinski definition) is 2. The molecule has 0 aromatic heterocycles. The lowest BCUT2D eigenvalue weighted by molar-refractivity contribution is 0.00416. The van der Waals surface area contributed by atoms with Gasteiger partial charge in [-0.05, 0) is 32.6 Å². The van der Waals surface area contributed by atoms with Crippen molar-refractivity contribution in [3.8, 4) is 0 Å². The van der Waals surface area contributed by atoms with Gasteiger partial charge >= 0.3 is 0 Å². The van der Waals surface area contributed by atoms with Gasteiger partial charge < -0.3 is 9.84 Å². The molecule has 0 saturated carbocycles. The van der Waals surface area contributed by atoms with Crippen LogP contribution in [0.4, 0.5) is 0 Å². The second-order valence-electron chi connectivity index (χ2n) is 4.16. The van der Waals surface area contributed by atoms with Crippen molar-refractivity contribution in [3.63, 3.8) is 0 Å². The maximum absolute atomic E-state index is 8.55. The Kier molecular flexibility index (Phi) is 6.00. The van der Waals surface area contributed by atoms with Crippen LogP contribution in [0.25, 0.3) is 0 Å². The zero-order valence-electron chi connectivity index (χ0n) is 9.21. The van der Waals surface area contributed by atoms with E-state index >= 15 is 0 Å². The Morgan fingerprint density at radius 3 is 2.46 bits per heavy atom. The Morgan fingerprint density at radius 2 is 2.00 bits per heavy atom. The molecule has 0 radical (unpaired) electrons. The Morgan fingerprint density at radius 1 is 1.38 bits per heavy atom. The van der Waals surface area contributed by atoms with Crippen molar-refractivity contribution in [3.05, 3.63) is 12.2 Å². The largest absolute Gasteiger partial charge is 0.392 e. The van der Waals surface area contributed by atoms with E-state index in [-0.39, 0.29) is 12.2 Å². The van der Waals surface area contributed by atoms with E-state index in [1.807, 2.05) is 6.08 Å². The Labute approximate surface area is 81.6 Å². The summed E-state index contributed by atoms with van der Waals surface area (Å²) in [7, 11) is 1.75. The Bertz CT molecular complexity index is 150. The number of hydrogen-bond donors (Lipinski definition) is 1. The summed E-state index contributed by atoms with van der Waals surface area (Å²) in [4.78, 5) is 0. The molecule has 1 atom stereocenters. The second kappa shape index (κ2) is 6.17. The standard InChI is InChI=1S/C11H22O2/c1-10(7-5-6-8-12)9-11(2,3)13-4/h5-6,10,12H,7-9H2,1-4H3/b6-5+. The average molecular weight is 186 g/mol. The van der Waals surface area contributed by atoms with Gasteiger partial charge in [-0.15, -0.1) is 0 Å². The van der Waals surface area contributed by atoms with E-state index < -0.39 is 0 Å². The molecule has 0 fully saturated rings. The van der Waals surface area contributed by atoms with Crippen molar-refractivity contribution in [2.45, 2.75) is 39.2 Å². The number of aliphatic hydroxyl groups is 1. The van der Waals surface area contributed by atoms with Gasteiger partial charge in [0.1, 0.15) is 0 Å². The molecule has 0 aromatic carbocycles. The first-order valence-corrected chi connectivity index (χ1v) is 4.83. The smallest absolute Gasteiger partial charge is 0.0625 e. The summed E-state index contributed by atoms with van der Waals surface area (Å²) in [5.74, 6) is 0.595. The van der Waals surface area contributed by atoms with Crippen LogP contribution in [0.15, 0.2) is 12.2 Å². The van der Waals surface area contributed by atoms with Crippen LogP contribution in [0.1, 0.15) is 33.6 Å². The van der Waals surface area contributed by atoms with Crippen LogP contribution in [0.5, 0.6) is 0 Å². The third kappa shape index (κ3) is 6.79. The Balaban J connectivity index is 3.73. The van der Waals surface area contributed by atoms with E-state index in [1.165, 1.54) is 0 Å². The minimum absolute atomic E-state index is 0.0352. The molecule has 2 heteroatoms. The predicted molar refractivity (Wildman–Crippen MR) is 55.7 cm³/mol. The molecule has 1 unspecified atom stereocenters. The molecular formula is C11H22O2. The molecule has 0 aromatic rings. The summed E-state index contributed by atoms with van der Waals surface area (Å²) >= 11 is 0. The predicted octanol–water partition coefficient (Wildman–Crippen LogP) is 2.38. The van der Waals surface area contributed by atoms with Gasteiger partial charge in [0.15, 0.2) is 0 Å². The highest BCUT2D eigenvalue weighted by atomic mass is 16.5. The van der Waals surface area contributed by atoms with Crippen molar-refractivity contribution < 1.29 is 9.84 Å². The van der Waals surface area contributed by atoms with Crippen LogP contribution in [0.3, 0.4) is 0 Å². The van der Waals surface area contributed by atoms with Gasteiger partial charge in [0.2, 0.25) is 0 Å². The number of ether oxygens (including phenoxy) is 1. The van der Waals surface area contributed by atoms with Crippen molar-refractivity contribution in [1.82, 2.24) is 0 Å². The third-order valence-electron chi connectivity index (χ3n) is 2.20. The molecule has 0 rings (SSSR count). The molecule has 0 aliphatic rings. The first kappa shape index (κ1) is 12.7. The number of rotatable bonds is 6. The van der Waals surface area contributed by atoms with Crippen LogP contribution in [0.2, 0.25) is 0 Å². The highest BCUT2D eigenvalue weighted by molar-refractivity contribution is 4.84. The summed E-state index contributed by atoms with van der Waals surface area (Å²) in [5.41, 5.74) is -0.0352. The monoisotopic (exact) mass is 186 g/mol. The lowest BCUT2D eigenvalue weighted by Crippen LogP contribution is -2.25. The minimum atomic E-state index is -0.0352. The van der Waals surface area contributed by atoms with E-state index in [4.69, 9.17) is 9.84 Å². The molecule has 13 heavy (non-hydrogen) atoms. The summed E-state index contributed by atoms with van der Waals surface area (Å²) in [6.45, 7) is 6.53. The molecule has 78 valence electrons. The van der Waals surface area contributed by atoms with Crippen LogP contribution in [0, 0.1) is 5.92 Å².